The second-order valence-electron chi connectivity index (χ2n) is 4.80. The molecule has 0 aliphatic heterocycles. The summed E-state index contributed by atoms with van der Waals surface area (Å²) in [6, 6.07) is -0.000172. The molecule has 0 saturated carbocycles. The fraction of sp³-hybridized carbons (Fsp3) is 0.833. The number of carbonyl (C=O) groups is 2. The van der Waals surface area contributed by atoms with Crippen LogP contribution in [0.5, 0.6) is 0 Å². The van der Waals surface area contributed by atoms with Crippen LogP contribution < -0.4 is 11.5 Å². The van der Waals surface area contributed by atoms with E-state index in [4.69, 9.17) is 11.5 Å². The van der Waals surface area contributed by atoms with Crippen molar-refractivity contribution in [1.82, 2.24) is 4.90 Å². The molecule has 0 saturated heterocycles. The van der Waals surface area contributed by atoms with Gasteiger partial charge in [0.25, 0.3) is 0 Å². The Balaban J connectivity index is 4.19. The van der Waals surface area contributed by atoms with Gasteiger partial charge < -0.3 is 16.4 Å². The average Bonchev–Trinajstić information content (AvgIpc) is 2.22. The molecule has 0 aromatic heterocycles. The van der Waals surface area contributed by atoms with Crippen molar-refractivity contribution in [2.75, 3.05) is 13.1 Å². The van der Waals surface area contributed by atoms with Crippen molar-refractivity contribution in [2.45, 2.75) is 46.1 Å². The molecule has 0 heterocycles. The summed E-state index contributed by atoms with van der Waals surface area (Å²) < 4.78 is 0. The molecule has 0 fully saturated rings. The molecule has 0 bridgehead atoms. The average molecular weight is 243 g/mol. The highest BCUT2D eigenvalue weighted by Gasteiger charge is 2.19. The Hall–Kier alpha value is -1.10. The first-order chi connectivity index (χ1) is 7.88. The summed E-state index contributed by atoms with van der Waals surface area (Å²) in [5.41, 5.74) is 10.6. The summed E-state index contributed by atoms with van der Waals surface area (Å²) >= 11 is 0. The van der Waals surface area contributed by atoms with Crippen molar-refractivity contribution in [3.05, 3.63) is 0 Å². The monoisotopic (exact) mass is 243 g/mol. The molecule has 0 radical (unpaired) electrons. The van der Waals surface area contributed by atoms with Crippen molar-refractivity contribution < 1.29 is 9.59 Å². The standard InChI is InChI=1S/C12H25N3O2/c1-9(2)15(8-11(14)16)12(17)5-4-10(3)6-7-13/h9-10H,4-8,13H2,1-3H3,(H2,14,16). The summed E-state index contributed by atoms with van der Waals surface area (Å²) in [7, 11) is 0. The zero-order chi connectivity index (χ0) is 13.4. The Morgan fingerprint density at radius 3 is 2.18 bits per heavy atom. The predicted octanol–water partition coefficient (Wildman–Crippen LogP) is 0.474. The molecule has 1 unspecified atom stereocenters. The first kappa shape index (κ1) is 15.9. The molecule has 1 atom stereocenters. The van der Waals surface area contributed by atoms with E-state index >= 15 is 0 Å². The van der Waals surface area contributed by atoms with Gasteiger partial charge in [-0.05, 0) is 39.2 Å². The van der Waals surface area contributed by atoms with Gasteiger partial charge in [-0.15, -0.1) is 0 Å². The van der Waals surface area contributed by atoms with Crippen LogP contribution in [0.25, 0.3) is 0 Å². The summed E-state index contributed by atoms with van der Waals surface area (Å²) in [4.78, 5) is 24.3. The fourth-order valence-electron chi connectivity index (χ4n) is 1.67. The number of primary amides is 1. The van der Waals surface area contributed by atoms with Crippen LogP contribution in [0.4, 0.5) is 0 Å². The van der Waals surface area contributed by atoms with Crippen LogP contribution >= 0.6 is 0 Å². The van der Waals surface area contributed by atoms with Gasteiger partial charge >= 0.3 is 0 Å². The topological polar surface area (TPSA) is 89.4 Å². The Bertz CT molecular complexity index is 254. The van der Waals surface area contributed by atoms with E-state index < -0.39 is 5.91 Å². The highest BCUT2D eigenvalue weighted by atomic mass is 16.2. The van der Waals surface area contributed by atoms with E-state index in [1.807, 2.05) is 13.8 Å². The van der Waals surface area contributed by atoms with E-state index in [0.29, 0.717) is 18.9 Å². The Labute approximate surface area is 104 Å². The molecular weight excluding hydrogens is 218 g/mol. The number of nitrogens with two attached hydrogens (primary N) is 2. The van der Waals surface area contributed by atoms with Crippen molar-refractivity contribution in [3.8, 4) is 0 Å². The van der Waals surface area contributed by atoms with Gasteiger partial charge in [-0.1, -0.05) is 6.92 Å². The van der Waals surface area contributed by atoms with Crippen LogP contribution in [0.2, 0.25) is 0 Å². The number of rotatable bonds is 8. The zero-order valence-electron chi connectivity index (χ0n) is 11.1. The molecule has 0 aromatic rings. The van der Waals surface area contributed by atoms with Crippen LogP contribution in [0, 0.1) is 5.92 Å². The van der Waals surface area contributed by atoms with Gasteiger partial charge in [-0.3, -0.25) is 9.59 Å². The Kier molecular flexibility index (Phi) is 7.54. The maximum Gasteiger partial charge on any atom is 0.237 e. The van der Waals surface area contributed by atoms with Gasteiger partial charge in [0, 0.05) is 12.5 Å². The van der Waals surface area contributed by atoms with Crippen LogP contribution in [-0.2, 0) is 9.59 Å². The largest absolute Gasteiger partial charge is 0.368 e. The van der Waals surface area contributed by atoms with Gasteiger partial charge in [-0.25, -0.2) is 0 Å². The molecule has 17 heavy (non-hydrogen) atoms. The second kappa shape index (κ2) is 8.06. The van der Waals surface area contributed by atoms with Gasteiger partial charge in [-0.2, -0.15) is 0 Å². The number of nitrogens with zero attached hydrogens (tertiary/aromatic N) is 1. The molecule has 0 aliphatic carbocycles. The van der Waals surface area contributed by atoms with Crippen molar-refractivity contribution in [2.24, 2.45) is 17.4 Å². The number of hydrogen-bond acceptors (Lipinski definition) is 3. The summed E-state index contributed by atoms with van der Waals surface area (Å²) in [5, 5.41) is 0. The lowest BCUT2D eigenvalue weighted by Crippen LogP contribution is -2.42. The smallest absolute Gasteiger partial charge is 0.237 e. The third-order valence-electron chi connectivity index (χ3n) is 2.78. The number of amides is 2. The molecular formula is C12H25N3O2. The minimum Gasteiger partial charge on any atom is -0.368 e. The van der Waals surface area contributed by atoms with Gasteiger partial charge in [0.1, 0.15) is 0 Å². The molecule has 2 amide bonds. The molecule has 0 aliphatic rings. The molecule has 0 rings (SSSR count). The summed E-state index contributed by atoms with van der Waals surface area (Å²) in [6.07, 6.45) is 2.18. The third-order valence-corrected chi connectivity index (χ3v) is 2.78. The second-order valence-corrected chi connectivity index (χ2v) is 4.80. The third kappa shape index (κ3) is 6.94. The molecule has 5 nitrogen and oxygen atoms in total. The lowest BCUT2D eigenvalue weighted by atomic mass is 10.0. The fourth-order valence-corrected chi connectivity index (χ4v) is 1.67. The maximum atomic E-state index is 11.9. The van der Waals surface area contributed by atoms with Crippen molar-refractivity contribution >= 4 is 11.8 Å². The van der Waals surface area contributed by atoms with Crippen LogP contribution in [0.3, 0.4) is 0 Å². The SMILES string of the molecule is CC(CCN)CCC(=O)N(CC(N)=O)C(C)C. The summed E-state index contributed by atoms with van der Waals surface area (Å²) in [5.74, 6) is -0.0451. The maximum absolute atomic E-state index is 11.9. The first-order valence-electron chi connectivity index (χ1n) is 6.16. The van der Waals surface area contributed by atoms with Crippen molar-refractivity contribution in [3.63, 3.8) is 0 Å². The number of hydrogen-bond donors (Lipinski definition) is 2. The van der Waals surface area contributed by atoms with E-state index in [1.54, 1.807) is 0 Å². The van der Waals surface area contributed by atoms with E-state index in [0.717, 1.165) is 12.8 Å². The van der Waals surface area contributed by atoms with E-state index in [-0.39, 0.29) is 18.5 Å². The molecule has 0 spiro atoms. The first-order valence-corrected chi connectivity index (χ1v) is 6.16. The molecule has 5 heteroatoms. The Morgan fingerprint density at radius 1 is 1.18 bits per heavy atom. The highest BCUT2D eigenvalue weighted by Crippen LogP contribution is 2.11. The quantitative estimate of drug-likeness (QED) is 0.649. The molecule has 4 N–H and O–H groups in total. The van der Waals surface area contributed by atoms with Gasteiger partial charge in [0.2, 0.25) is 11.8 Å². The van der Waals surface area contributed by atoms with Gasteiger partial charge in [0.05, 0.1) is 6.54 Å². The highest BCUT2D eigenvalue weighted by molar-refractivity contribution is 5.84. The zero-order valence-corrected chi connectivity index (χ0v) is 11.1. The molecule has 0 aromatic carbocycles. The minimum atomic E-state index is -0.470. The Morgan fingerprint density at radius 2 is 1.76 bits per heavy atom. The normalized spacial score (nSPS) is 12.5. The predicted molar refractivity (Wildman–Crippen MR) is 68.1 cm³/mol. The molecule has 100 valence electrons. The summed E-state index contributed by atoms with van der Waals surface area (Å²) in [6.45, 7) is 6.48. The number of carbonyl (C=O) groups excluding carboxylic acids is 2. The van der Waals surface area contributed by atoms with Gasteiger partial charge in [0.15, 0.2) is 0 Å². The van der Waals surface area contributed by atoms with Crippen molar-refractivity contribution in [1.29, 1.82) is 0 Å². The van der Waals surface area contributed by atoms with Crippen LogP contribution in [0.1, 0.15) is 40.0 Å². The van der Waals surface area contributed by atoms with Crippen LogP contribution in [0.15, 0.2) is 0 Å². The van der Waals surface area contributed by atoms with Crippen LogP contribution in [-0.4, -0.2) is 35.8 Å². The van der Waals surface area contributed by atoms with E-state index in [9.17, 15) is 9.59 Å². The van der Waals surface area contributed by atoms with E-state index in [1.165, 1.54) is 4.90 Å². The lowest BCUT2D eigenvalue weighted by Gasteiger charge is -2.25. The minimum absolute atomic E-state index is 0.000172. The lowest BCUT2D eigenvalue weighted by molar-refractivity contribution is -0.137. The van der Waals surface area contributed by atoms with E-state index in [2.05, 4.69) is 6.92 Å².